The van der Waals surface area contributed by atoms with E-state index in [4.69, 9.17) is 0 Å². The zero-order valence-corrected chi connectivity index (χ0v) is 12.9. The van der Waals surface area contributed by atoms with Crippen LogP contribution in [0.1, 0.15) is 25.8 Å². The summed E-state index contributed by atoms with van der Waals surface area (Å²) in [4.78, 5) is 12.0. The summed E-state index contributed by atoms with van der Waals surface area (Å²) in [6.07, 6.45) is 0.934. The summed E-state index contributed by atoms with van der Waals surface area (Å²) in [5.41, 5.74) is 1.90. The first kappa shape index (κ1) is 15.8. The third kappa shape index (κ3) is 5.00. The second-order valence-electron chi connectivity index (χ2n) is 5.48. The molecule has 5 N–H and O–H groups in total. The molecule has 0 saturated carbocycles. The summed E-state index contributed by atoms with van der Waals surface area (Å²) in [7, 11) is 0. The van der Waals surface area contributed by atoms with Crippen LogP contribution in [0.3, 0.4) is 0 Å². The van der Waals surface area contributed by atoms with Gasteiger partial charge in [-0.1, -0.05) is 19.1 Å². The average molecular weight is 291 g/mol. The van der Waals surface area contributed by atoms with Gasteiger partial charge in [-0.15, -0.1) is 0 Å². The van der Waals surface area contributed by atoms with E-state index in [-0.39, 0.29) is 18.5 Å². The van der Waals surface area contributed by atoms with E-state index in [1.165, 1.54) is 0 Å². The number of anilines is 1. The van der Waals surface area contributed by atoms with Crippen molar-refractivity contribution in [2.75, 3.05) is 11.9 Å². The van der Waals surface area contributed by atoms with Crippen LogP contribution in [-0.4, -0.2) is 31.1 Å². The van der Waals surface area contributed by atoms with E-state index >= 15 is 0 Å². The van der Waals surface area contributed by atoms with Gasteiger partial charge in [-0.25, -0.2) is 4.79 Å². The molecule has 1 heterocycles. The minimum Gasteiger partial charge on any atom is -0.310 e. The lowest BCUT2D eigenvalue weighted by Gasteiger charge is -2.36. The Morgan fingerprint density at radius 1 is 1.38 bits per heavy atom. The van der Waals surface area contributed by atoms with E-state index in [2.05, 4.69) is 40.4 Å². The molecule has 3 unspecified atom stereocenters. The fourth-order valence-corrected chi connectivity index (χ4v) is 2.52. The second-order valence-corrected chi connectivity index (χ2v) is 5.48. The molecule has 1 aromatic rings. The molecule has 1 aliphatic heterocycles. The second kappa shape index (κ2) is 7.40. The van der Waals surface area contributed by atoms with Crippen LogP contribution in [0.2, 0.25) is 0 Å². The van der Waals surface area contributed by atoms with Crippen molar-refractivity contribution in [3.8, 4) is 0 Å². The van der Waals surface area contributed by atoms with Crippen molar-refractivity contribution in [1.82, 2.24) is 21.3 Å². The summed E-state index contributed by atoms with van der Waals surface area (Å²) in [6.45, 7) is 7.07. The van der Waals surface area contributed by atoms with Gasteiger partial charge in [0.05, 0.1) is 6.17 Å². The number of hydrogen-bond donors (Lipinski definition) is 5. The van der Waals surface area contributed by atoms with E-state index in [0.29, 0.717) is 6.04 Å². The average Bonchev–Trinajstić information content (AvgIpc) is 2.37. The van der Waals surface area contributed by atoms with Crippen molar-refractivity contribution in [2.24, 2.45) is 0 Å². The van der Waals surface area contributed by atoms with Crippen molar-refractivity contribution in [1.29, 1.82) is 0 Å². The van der Waals surface area contributed by atoms with E-state index < -0.39 is 0 Å². The van der Waals surface area contributed by atoms with Crippen LogP contribution < -0.4 is 26.6 Å². The molecule has 21 heavy (non-hydrogen) atoms. The fraction of sp³-hybridized carbons (Fsp3) is 0.533. The van der Waals surface area contributed by atoms with Gasteiger partial charge in [-0.3, -0.25) is 10.6 Å². The quantitative estimate of drug-likeness (QED) is 0.580. The summed E-state index contributed by atoms with van der Waals surface area (Å²) in [5, 5.41) is 15.7. The number of urea groups is 1. The Labute approximate surface area is 126 Å². The normalized spacial score (nSPS) is 25.4. The highest BCUT2D eigenvalue weighted by Gasteiger charge is 2.25. The summed E-state index contributed by atoms with van der Waals surface area (Å²) >= 11 is 0. The Kier molecular flexibility index (Phi) is 5.55. The highest BCUT2D eigenvalue weighted by molar-refractivity contribution is 5.89. The molecule has 2 rings (SSSR count). The lowest BCUT2D eigenvalue weighted by molar-refractivity contribution is 0.195. The monoisotopic (exact) mass is 291 g/mol. The van der Waals surface area contributed by atoms with Crippen molar-refractivity contribution < 1.29 is 4.79 Å². The van der Waals surface area contributed by atoms with Gasteiger partial charge in [-0.2, -0.15) is 0 Å². The maximum atomic E-state index is 12.0. The van der Waals surface area contributed by atoms with Gasteiger partial charge in [0.2, 0.25) is 0 Å². The van der Waals surface area contributed by atoms with Crippen molar-refractivity contribution in [3.63, 3.8) is 0 Å². The molecule has 0 spiro atoms. The minimum atomic E-state index is -0.248. The highest BCUT2D eigenvalue weighted by Crippen LogP contribution is 2.09. The molecule has 0 aromatic heterocycles. The van der Waals surface area contributed by atoms with Gasteiger partial charge >= 0.3 is 6.03 Å². The fourth-order valence-electron chi connectivity index (χ4n) is 2.52. The molecular weight excluding hydrogens is 266 g/mol. The largest absolute Gasteiger partial charge is 0.321 e. The summed E-state index contributed by atoms with van der Waals surface area (Å²) < 4.78 is 0. The van der Waals surface area contributed by atoms with Gasteiger partial charge in [-0.05, 0) is 44.5 Å². The van der Waals surface area contributed by atoms with Crippen LogP contribution >= 0.6 is 0 Å². The van der Waals surface area contributed by atoms with Crippen molar-refractivity contribution >= 4 is 11.7 Å². The van der Waals surface area contributed by atoms with Crippen LogP contribution in [0, 0.1) is 6.92 Å². The molecule has 2 amide bonds. The highest BCUT2D eigenvalue weighted by atomic mass is 16.2. The smallest absolute Gasteiger partial charge is 0.310 e. The number of carbonyl (C=O) groups excluding carboxylic acids is 1. The van der Waals surface area contributed by atoms with Crippen LogP contribution in [0.25, 0.3) is 0 Å². The zero-order valence-electron chi connectivity index (χ0n) is 12.9. The number of nitrogens with one attached hydrogen (secondary N) is 5. The predicted octanol–water partition coefficient (Wildman–Crippen LogP) is 1.31. The van der Waals surface area contributed by atoms with E-state index in [9.17, 15) is 4.79 Å². The Hall–Kier alpha value is -1.63. The number of aryl methyl sites for hydroxylation is 1. The SMILES string of the molecule is CCNC1CC(C)NC(NC(=O)Nc2cccc(C)c2)N1. The molecular formula is C15H25N5O. The first-order valence-electron chi connectivity index (χ1n) is 7.46. The standard InChI is InChI=1S/C15H25N5O/c1-4-16-13-9-11(3)17-14(19-13)20-15(21)18-12-7-5-6-10(2)8-12/h5-8,11,13-14,16-17,19H,4,9H2,1-3H3,(H2,18,20,21). The van der Waals surface area contributed by atoms with Crippen LogP contribution in [0.4, 0.5) is 10.5 Å². The number of hydrogen-bond acceptors (Lipinski definition) is 4. The molecule has 0 aliphatic carbocycles. The number of rotatable bonds is 4. The van der Waals surface area contributed by atoms with Crippen molar-refractivity contribution in [2.45, 2.75) is 45.7 Å². The zero-order chi connectivity index (χ0) is 15.2. The molecule has 0 radical (unpaired) electrons. The van der Waals surface area contributed by atoms with Gasteiger partial charge in [0, 0.05) is 11.7 Å². The molecule has 1 aliphatic rings. The maximum absolute atomic E-state index is 12.0. The molecule has 3 atom stereocenters. The minimum absolute atomic E-state index is 0.204. The molecule has 6 heteroatoms. The number of amides is 2. The third-order valence-electron chi connectivity index (χ3n) is 3.41. The predicted molar refractivity (Wildman–Crippen MR) is 84.9 cm³/mol. The van der Waals surface area contributed by atoms with Gasteiger partial charge in [0.1, 0.15) is 6.29 Å². The van der Waals surface area contributed by atoms with Crippen LogP contribution in [0.5, 0.6) is 0 Å². The van der Waals surface area contributed by atoms with E-state index in [1.807, 2.05) is 31.2 Å². The number of benzene rings is 1. The Bertz CT molecular complexity index is 479. The van der Waals surface area contributed by atoms with E-state index in [0.717, 1.165) is 24.2 Å². The van der Waals surface area contributed by atoms with Crippen LogP contribution in [-0.2, 0) is 0 Å². The lowest BCUT2D eigenvalue weighted by atomic mass is 10.1. The van der Waals surface area contributed by atoms with Crippen molar-refractivity contribution in [3.05, 3.63) is 29.8 Å². The first-order chi connectivity index (χ1) is 10.1. The molecule has 1 fully saturated rings. The lowest BCUT2D eigenvalue weighted by Crippen LogP contribution is -2.67. The first-order valence-corrected chi connectivity index (χ1v) is 7.46. The molecule has 0 bridgehead atoms. The molecule has 6 nitrogen and oxygen atoms in total. The van der Waals surface area contributed by atoms with E-state index in [1.54, 1.807) is 0 Å². The van der Waals surface area contributed by atoms with Gasteiger partial charge in [0.25, 0.3) is 0 Å². The summed E-state index contributed by atoms with van der Waals surface area (Å²) in [5.74, 6) is 0. The van der Waals surface area contributed by atoms with Gasteiger partial charge < -0.3 is 16.0 Å². The molecule has 1 aromatic carbocycles. The Morgan fingerprint density at radius 2 is 2.19 bits per heavy atom. The number of carbonyl (C=O) groups is 1. The molecule has 116 valence electrons. The maximum Gasteiger partial charge on any atom is 0.321 e. The van der Waals surface area contributed by atoms with Crippen LogP contribution in [0.15, 0.2) is 24.3 Å². The summed E-state index contributed by atoms with van der Waals surface area (Å²) in [6, 6.07) is 7.83. The Balaban J connectivity index is 1.86. The molecule has 1 saturated heterocycles. The topological polar surface area (TPSA) is 77.2 Å². The third-order valence-corrected chi connectivity index (χ3v) is 3.41. The van der Waals surface area contributed by atoms with Gasteiger partial charge in [0.15, 0.2) is 0 Å². The Morgan fingerprint density at radius 3 is 2.90 bits per heavy atom.